The molecule has 2 aromatic heterocycles. The molecule has 0 spiro atoms. The Bertz CT molecular complexity index is 710. The summed E-state index contributed by atoms with van der Waals surface area (Å²) in [7, 11) is 0. The van der Waals surface area contributed by atoms with E-state index in [1.54, 1.807) is 24.5 Å². The number of amides is 2. The minimum absolute atomic E-state index is 0.115. The number of carbonyl (C=O) groups is 2. The molecule has 0 aliphatic carbocycles. The first-order valence-electron chi connectivity index (χ1n) is 7.82. The zero-order chi connectivity index (χ0) is 16.9. The van der Waals surface area contributed by atoms with Crippen molar-refractivity contribution in [3.8, 4) is 0 Å². The summed E-state index contributed by atoms with van der Waals surface area (Å²) in [6.45, 7) is 3.38. The van der Waals surface area contributed by atoms with E-state index in [4.69, 9.17) is 0 Å². The van der Waals surface area contributed by atoms with Crippen LogP contribution in [0.3, 0.4) is 0 Å². The lowest BCUT2D eigenvalue weighted by molar-refractivity contribution is -0.126. The molecule has 1 saturated heterocycles. The van der Waals surface area contributed by atoms with Crippen LogP contribution in [0.5, 0.6) is 0 Å². The number of aromatic nitrogens is 2. The van der Waals surface area contributed by atoms with Crippen molar-refractivity contribution in [2.24, 2.45) is 5.92 Å². The molecule has 1 aliphatic heterocycles. The normalized spacial score (nSPS) is 15.1. The molecular weight excluding hydrogens is 326 g/mol. The summed E-state index contributed by atoms with van der Waals surface area (Å²) in [6.07, 6.45) is 4.84. The molecule has 2 aromatic rings. The maximum Gasteiger partial charge on any atom is 0.279 e. The standard InChI is InChI=1S/C16H19N5O2S/c1-11-3-4-13(24-11)15(23)20-19-14(22)12-5-9-21(10-6-12)16-17-7-2-8-18-16/h2-4,7-8,12H,5-6,9-10H2,1H3,(H,19,22)(H,20,23). The Labute approximate surface area is 144 Å². The highest BCUT2D eigenvalue weighted by Crippen LogP contribution is 2.20. The van der Waals surface area contributed by atoms with E-state index in [1.807, 2.05) is 13.0 Å². The molecule has 1 fully saturated rings. The number of piperidine rings is 1. The van der Waals surface area contributed by atoms with Gasteiger partial charge in [-0.25, -0.2) is 9.97 Å². The van der Waals surface area contributed by atoms with Crippen LogP contribution >= 0.6 is 11.3 Å². The Morgan fingerprint density at radius 1 is 1.17 bits per heavy atom. The Morgan fingerprint density at radius 3 is 2.50 bits per heavy atom. The van der Waals surface area contributed by atoms with Crippen LogP contribution in [0.1, 0.15) is 27.4 Å². The number of nitrogens with zero attached hydrogens (tertiary/aromatic N) is 3. The molecule has 3 rings (SSSR count). The van der Waals surface area contributed by atoms with Gasteiger partial charge in [0.05, 0.1) is 4.88 Å². The summed E-state index contributed by atoms with van der Waals surface area (Å²) in [6, 6.07) is 5.41. The average Bonchev–Trinajstić information content (AvgIpc) is 3.07. The van der Waals surface area contributed by atoms with Gasteiger partial charge in [0.2, 0.25) is 11.9 Å². The Kier molecular flexibility index (Phi) is 5.05. The lowest BCUT2D eigenvalue weighted by Crippen LogP contribution is -2.47. The van der Waals surface area contributed by atoms with Crippen molar-refractivity contribution in [2.75, 3.05) is 18.0 Å². The summed E-state index contributed by atoms with van der Waals surface area (Å²) < 4.78 is 0. The van der Waals surface area contributed by atoms with Crippen molar-refractivity contribution < 1.29 is 9.59 Å². The van der Waals surface area contributed by atoms with Crippen LogP contribution in [0.15, 0.2) is 30.6 Å². The van der Waals surface area contributed by atoms with Gasteiger partial charge in [0.15, 0.2) is 0 Å². The highest BCUT2D eigenvalue weighted by molar-refractivity contribution is 7.13. The molecule has 0 atom stereocenters. The molecule has 2 amide bonds. The van der Waals surface area contributed by atoms with Crippen molar-refractivity contribution in [2.45, 2.75) is 19.8 Å². The Hall–Kier alpha value is -2.48. The second-order valence-electron chi connectivity index (χ2n) is 5.66. The van der Waals surface area contributed by atoms with Crippen LogP contribution < -0.4 is 15.8 Å². The zero-order valence-corrected chi connectivity index (χ0v) is 14.2. The first-order valence-corrected chi connectivity index (χ1v) is 8.64. The first-order chi connectivity index (χ1) is 11.6. The maximum atomic E-state index is 12.2. The van der Waals surface area contributed by atoms with Crippen LogP contribution in [0.25, 0.3) is 0 Å². The van der Waals surface area contributed by atoms with E-state index < -0.39 is 0 Å². The minimum Gasteiger partial charge on any atom is -0.341 e. The molecule has 0 saturated carbocycles. The fourth-order valence-electron chi connectivity index (χ4n) is 2.63. The molecule has 0 aromatic carbocycles. The van der Waals surface area contributed by atoms with Gasteiger partial charge in [-0.2, -0.15) is 0 Å². The molecule has 0 radical (unpaired) electrons. The molecule has 2 N–H and O–H groups in total. The third kappa shape index (κ3) is 3.88. The van der Waals surface area contributed by atoms with Crippen LogP contribution in [0.4, 0.5) is 5.95 Å². The van der Waals surface area contributed by atoms with E-state index >= 15 is 0 Å². The van der Waals surface area contributed by atoms with Crippen molar-refractivity contribution in [3.05, 3.63) is 40.3 Å². The number of nitrogens with one attached hydrogen (secondary N) is 2. The number of hydrazine groups is 1. The number of rotatable bonds is 3. The number of anilines is 1. The Morgan fingerprint density at radius 2 is 1.88 bits per heavy atom. The summed E-state index contributed by atoms with van der Waals surface area (Å²) >= 11 is 1.40. The monoisotopic (exact) mass is 345 g/mol. The number of hydrogen-bond acceptors (Lipinski definition) is 6. The van der Waals surface area contributed by atoms with Gasteiger partial charge in [-0.05, 0) is 38.0 Å². The molecule has 7 nitrogen and oxygen atoms in total. The third-order valence-corrected chi connectivity index (χ3v) is 4.96. The molecule has 0 bridgehead atoms. The number of thiophene rings is 1. The van der Waals surface area contributed by atoms with E-state index in [0.29, 0.717) is 23.7 Å². The summed E-state index contributed by atoms with van der Waals surface area (Å²) in [5.41, 5.74) is 5.02. The fourth-order valence-corrected chi connectivity index (χ4v) is 3.40. The topological polar surface area (TPSA) is 87.2 Å². The van der Waals surface area contributed by atoms with Crippen LogP contribution in [0.2, 0.25) is 0 Å². The van der Waals surface area contributed by atoms with Crippen molar-refractivity contribution in [3.63, 3.8) is 0 Å². The van der Waals surface area contributed by atoms with Crippen LogP contribution in [0, 0.1) is 12.8 Å². The van der Waals surface area contributed by atoms with Crippen molar-refractivity contribution >= 4 is 29.1 Å². The molecule has 8 heteroatoms. The zero-order valence-electron chi connectivity index (χ0n) is 13.4. The van der Waals surface area contributed by atoms with E-state index in [2.05, 4.69) is 25.7 Å². The Balaban J connectivity index is 1.46. The van der Waals surface area contributed by atoms with Gasteiger partial charge in [-0.1, -0.05) is 0 Å². The molecule has 3 heterocycles. The lowest BCUT2D eigenvalue weighted by Gasteiger charge is -2.31. The highest BCUT2D eigenvalue weighted by atomic mass is 32.1. The van der Waals surface area contributed by atoms with Gasteiger partial charge in [-0.15, -0.1) is 11.3 Å². The smallest absolute Gasteiger partial charge is 0.279 e. The van der Waals surface area contributed by atoms with Gasteiger partial charge in [-0.3, -0.25) is 20.4 Å². The van der Waals surface area contributed by atoms with E-state index in [9.17, 15) is 9.59 Å². The van der Waals surface area contributed by atoms with Gasteiger partial charge in [0, 0.05) is 36.3 Å². The fraction of sp³-hybridized carbons (Fsp3) is 0.375. The summed E-state index contributed by atoms with van der Waals surface area (Å²) in [5, 5.41) is 0. The second-order valence-corrected chi connectivity index (χ2v) is 6.95. The molecule has 126 valence electrons. The quantitative estimate of drug-likeness (QED) is 0.824. The first kappa shape index (κ1) is 16.4. The van der Waals surface area contributed by atoms with Gasteiger partial charge >= 0.3 is 0 Å². The third-order valence-electron chi connectivity index (χ3n) is 3.96. The van der Waals surface area contributed by atoms with Gasteiger partial charge in [0.1, 0.15) is 0 Å². The van der Waals surface area contributed by atoms with E-state index in [-0.39, 0.29) is 17.7 Å². The number of hydrogen-bond donors (Lipinski definition) is 2. The minimum atomic E-state index is -0.281. The average molecular weight is 345 g/mol. The highest BCUT2D eigenvalue weighted by Gasteiger charge is 2.26. The largest absolute Gasteiger partial charge is 0.341 e. The van der Waals surface area contributed by atoms with E-state index in [0.717, 1.165) is 18.0 Å². The van der Waals surface area contributed by atoms with Crippen LogP contribution in [-0.4, -0.2) is 34.9 Å². The predicted molar refractivity (Wildman–Crippen MR) is 91.6 cm³/mol. The van der Waals surface area contributed by atoms with E-state index in [1.165, 1.54) is 11.3 Å². The predicted octanol–water partition coefficient (Wildman–Crippen LogP) is 1.52. The molecule has 24 heavy (non-hydrogen) atoms. The lowest BCUT2D eigenvalue weighted by atomic mass is 9.96. The van der Waals surface area contributed by atoms with Crippen LogP contribution in [-0.2, 0) is 4.79 Å². The number of aryl methyl sites for hydroxylation is 1. The summed E-state index contributed by atoms with van der Waals surface area (Å²) in [4.78, 5) is 36.3. The number of carbonyl (C=O) groups excluding carboxylic acids is 2. The SMILES string of the molecule is Cc1ccc(C(=O)NNC(=O)C2CCN(c3ncccn3)CC2)s1. The maximum absolute atomic E-state index is 12.2. The summed E-state index contributed by atoms with van der Waals surface area (Å²) in [5.74, 6) is 0.148. The second kappa shape index (κ2) is 7.39. The molecular formula is C16H19N5O2S. The van der Waals surface area contributed by atoms with Gasteiger partial charge in [0.25, 0.3) is 5.91 Å². The molecule has 0 unspecified atom stereocenters. The van der Waals surface area contributed by atoms with Gasteiger partial charge < -0.3 is 4.90 Å². The molecule has 1 aliphatic rings. The van der Waals surface area contributed by atoms with Crippen molar-refractivity contribution in [1.82, 2.24) is 20.8 Å². The van der Waals surface area contributed by atoms with Crippen molar-refractivity contribution in [1.29, 1.82) is 0 Å².